The summed E-state index contributed by atoms with van der Waals surface area (Å²) in [6.45, 7) is 2.83. The Labute approximate surface area is 59.0 Å². The molecule has 0 radical (unpaired) electrons. The summed E-state index contributed by atoms with van der Waals surface area (Å²) in [4.78, 5) is 20.7. The van der Waals surface area contributed by atoms with Crippen LogP contribution in [0.4, 0.5) is 0 Å². The molecule has 0 rings (SSSR count). The van der Waals surface area contributed by atoms with E-state index < -0.39 is 17.9 Å². The molecule has 10 heavy (non-hydrogen) atoms. The van der Waals surface area contributed by atoms with Gasteiger partial charge in [-0.3, -0.25) is 9.59 Å². The minimum atomic E-state index is -1.14. The Balaban J connectivity index is 4.07. The summed E-state index contributed by atoms with van der Waals surface area (Å²) in [6, 6.07) is -1.07. The van der Waals surface area contributed by atoms with Crippen molar-refractivity contribution in [2.24, 2.45) is 11.7 Å². The van der Waals surface area contributed by atoms with Crippen molar-refractivity contribution < 1.29 is 14.7 Å². The standard InChI is InChI=1S/C6H11NO3/c1-3(4(2)8)5(7)6(9)10/h3,5H,7H2,1-2H3,(H,9,10)/t3-,5+/m1/s1. The van der Waals surface area contributed by atoms with Crippen molar-refractivity contribution in [1.29, 1.82) is 0 Å². The highest BCUT2D eigenvalue weighted by molar-refractivity contribution is 5.85. The van der Waals surface area contributed by atoms with Crippen LogP contribution in [0.3, 0.4) is 0 Å². The molecule has 0 aromatic rings. The maximum absolute atomic E-state index is 10.5. The highest BCUT2D eigenvalue weighted by atomic mass is 16.4. The quantitative estimate of drug-likeness (QED) is 0.567. The lowest BCUT2D eigenvalue weighted by Gasteiger charge is -2.11. The number of carboxylic acid groups (broad SMARTS) is 1. The van der Waals surface area contributed by atoms with E-state index in [1.807, 2.05) is 0 Å². The summed E-state index contributed by atoms with van der Waals surface area (Å²) >= 11 is 0. The van der Waals surface area contributed by atoms with Crippen molar-refractivity contribution in [3.05, 3.63) is 0 Å². The van der Waals surface area contributed by atoms with Crippen molar-refractivity contribution >= 4 is 11.8 Å². The third-order valence-corrected chi connectivity index (χ3v) is 1.47. The fourth-order valence-electron chi connectivity index (χ4n) is 0.467. The molecule has 0 aliphatic carbocycles. The lowest BCUT2D eigenvalue weighted by molar-refractivity contribution is -0.141. The van der Waals surface area contributed by atoms with E-state index in [0.717, 1.165) is 0 Å². The van der Waals surface area contributed by atoms with Crippen LogP contribution in [0.25, 0.3) is 0 Å². The molecule has 4 heteroatoms. The Morgan fingerprint density at radius 2 is 1.90 bits per heavy atom. The Kier molecular flexibility index (Phi) is 3.02. The first-order valence-corrected chi connectivity index (χ1v) is 2.95. The number of carboxylic acids is 1. The molecule has 58 valence electrons. The number of nitrogens with two attached hydrogens (primary N) is 1. The first-order chi connectivity index (χ1) is 4.46. The van der Waals surface area contributed by atoms with E-state index in [4.69, 9.17) is 10.8 Å². The SMILES string of the molecule is CC(=O)[C@@H](C)[C@H](N)C(=O)O. The largest absolute Gasteiger partial charge is 0.480 e. The van der Waals surface area contributed by atoms with Crippen LogP contribution in [0.5, 0.6) is 0 Å². The third-order valence-electron chi connectivity index (χ3n) is 1.47. The second-order valence-corrected chi connectivity index (χ2v) is 2.26. The first-order valence-electron chi connectivity index (χ1n) is 2.95. The van der Waals surface area contributed by atoms with E-state index in [9.17, 15) is 9.59 Å². The van der Waals surface area contributed by atoms with Gasteiger partial charge in [-0.2, -0.15) is 0 Å². The molecular weight excluding hydrogens is 134 g/mol. The number of hydrogen-bond donors (Lipinski definition) is 2. The molecule has 0 spiro atoms. The molecule has 0 aromatic heterocycles. The fraction of sp³-hybridized carbons (Fsp3) is 0.667. The molecule has 0 saturated carbocycles. The molecule has 0 aromatic carbocycles. The zero-order valence-corrected chi connectivity index (χ0v) is 6.00. The van der Waals surface area contributed by atoms with Gasteiger partial charge in [-0.1, -0.05) is 6.92 Å². The topological polar surface area (TPSA) is 80.4 Å². The van der Waals surface area contributed by atoms with Gasteiger partial charge in [0.1, 0.15) is 11.8 Å². The molecular formula is C6H11NO3. The van der Waals surface area contributed by atoms with E-state index in [-0.39, 0.29) is 5.78 Å². The van der Waals surface area contributed by atoms with Crippen LogP contribution in [0, 0.1) is 5.92 Å². The molecule has 0 aliphatic heterocycles. The summed E-state index contributed by atoms with van der Waals surface area (Å²) in [5.74, 6) is -1.94. The highest BCUT2D eigenvalue weighted by Crippen LogP contribution is 2.00. The van der Waals surface area contributed by atoms with Gasteiger partial charge in [0.05, 0.1) is 0 Å². The van der Waals surface area contributed by atoms with E-state index in [2.05, 4.69) is 0 Å². The Hall–Kier alpha value is -0.900. The first kappa shape index (κ1) is 9.10. The van der Waals surface area contributed by atoms with Crippen molar-refractivity contribution in [2.75, 3.05) is 0 Å². The van der Waals surface area contributed by atoms with Gasteiger partial charge < -0.3 is 10.8 Å². The van der Waals surface area contributed by atoms with Gasteiger partial charge in [-0.15, -0.1) is 0 Å². The second kappa shape index (κ2) is 3.31. The predicted molar refractivity (Wildman–Crippen MR) is 35.5 cm³/mol. The van der Waals surface area contributed by atoms with Crippen molar-refractivity contribution in [3.8, 4) is 0 Å². The fourth-order valence-corrected chi connectivity index (χ4v) is 0.467. The van der Waals surface area contributed by atoms with E-state index in [1.165, 1.54) is 13.8 Å². The number of rotatable bonds is 3. The molecule has 0 saturated heterocycles. The molecule has 4 nitrogen and oxygen atoms in total. The van der Waals surface area contributed by atoms with Crippen LogP contribution in [0.15, 0.2) is 0 Å². The molecule has 0 aliphatic rings. The van der Waals surface area contributed by atoms with Crippen molar-refractivity contribution in [1.82, 2.24) is 0 Å². The lowest BCUT2D eigenvalue weighted by Crippen LogP contribution is -2.39. The summed E-state index contributed by atoms with van der Waals surface area (Å²) in [5.41, 5.74) is 5.14. The molecule has 0 unspecified atom stereocenters. The molecule has 0 heterocycles. The van der Waals surface area contributed by atoms with E-state index in [0.29, 0.717) is 0 Å². The van der Waals surface area contributed by atoms with Crippen LogP contribution in [0.1, 0.15) is 13.8 Å². The van der Waals surface area contributed by atoms with Gasteiger partial charge in [0.25, 0.3) is 0 Å². The Morgan fingerprint density at radius 1 is 1.50 bits per heavy atom. The predicted octanol–water partition coefficient (Wildman–Crippen LogP) is -0.377. The second-order valence-electron chi connectivity index (χ2n) is 2.26. The number of Topliss-reactive ketones (excluding diaryl/α,β-unsaturated/α-hetero) is 1. The average molecular weight is 145 g/mol. The lowest BCUT2D eigenvalue weighted by atomic mass is 9.99. The van der Waals surface area contributed by atoms with E-state index in [1.54, 1.807) is 0 Å². The van der Waals surface area contributed by atoms with E-state index >= 15 is 0 Å². The third kappa shape index (κ3) is 2.14. The zero-order valence-electron chi connectivity index (χ0n) is 6.00. The number of carbonyl (C=O) groups excluding carboxylic acids is 1. The summed E-state index contributed by atoms with van der Waals surface area (Å²) in [7, 11) is 0. The molecule has 0 amide bonds. The molecule has 2 atom stereocenters. The van der Waals surface area contributed by atoms with Gasteiger partial charge in [-0.05, 0) is 6.92 Å². The minimum Gasteiger partial charge on any atom is -0.480 e. The minimum absolute atomic E-state index is 0.199. The monoisotopic (exact) mass is 145 g/mol. The van der Waals surface area contributed by atoms with Gasteiger partial charge >= 0.3 is 5.97 Å². The molecule has 3 N–H and O–H groups in total. The highest BCUT2D eigenvalue weighted by Gasteiger charge is 2.22. The van der Waals surface area contributed by atoms with Crippen molar-refractivity contribution in [3.63, 3.8) is 0 Å². The van der Waals surface area contributed by atoms with Crippen LogP contribution in [-0.2, 0) is 9.59 Å². The van der Waals surface area contributed by atoms with Crippen LogP contribution in [-0.4, -0.2) is 22.9 Å². The van der Waals surface area contributed by atoms with Crippen LogP contribution in [0.2, 0.25) is 0 Å². The molecule has 0 fully saturated rings. The maximum Gasteiger partial charge on any atom is 0.321 e. The van der Waals surface area contributed by atoms with Crippen LogP contribution >= 0.6 is 0 Å². The summed E-state index contributed by atoms with van der Waals surface area (Å²) in [5, 5.41) is 8.32. The van der Waals surface area contributed by atoms with Gasteiger partial charge in [-0.25, -0.2) is 0 Å². The number of hydrogen-bond acceptors (Lipinski definition) is 3. The zero-order chi connectivity index (χ0) is 8.31. The average Bonchev–Trinajstić information content (AvgIpc) is 1.84. The summed E-state index contributed by atoms with van der Waals surface area (Å²) in [6.07, 6.45) is 0. The smallest absolute Gasteiger partial charge is 0.321 e. The molecule has 0 bridgehead atoms. The van der Waals surface area contributed by atoms with Crippen LogP contribution < -0.4 is 5.73 Å². The van der Waals surface area contributed by atoms with Crippen molar-refractivity contribution in [2.45, 2.75) is 19.9 Å². The number of aliphatic carboxylic acids is 1. The summed E-state index contributed by atoms with van der Waals surface area (Å²) < 4.78 is 0. The van der Waals surface area contributed by atoms with Gasteiger partial charge in [0.2, 0.25) is 0 Å². The Morgan fingerprint density at radius 3 is 2.00 bits per heavy atom. The van der Waals surface area contributed by atoms with Gasteiger partial charge in [0, 0.05) is 5.92 Å². The number of ketones is 1. The normalized spacial score (nSPS) is 15.9. The Bertz CT molecular complexity index is 137. The van der Waals surface area contributed by atoms with Gasteiger partial charge in [0.15, 0.2) is 0 Å². The number of carbonyl (C=O) groups is 2. The maximum atomic E-state index is 10.5.